The van der Waals surface area contributed by atoms with E-state index in [9.17, 15) is 12.8 Å². The van der Waals surface area contributed by atoms with Gasteiger partial charge in [-0.05, 0) is 54.4 Å². The highest BCUT2D eigenvalue weighted by Gasteiger charge is 2.28. The fourth-order valence-corrected chi connectivity index (χ4v) is 4.67. The number of sulfonamides is 1. The van der Waals surface area contributed by atoms with Gasteiger partial charge < -0.3 is 9.47 Å². The van der Waals surface area contributed by atoms with Crippen LogP contribution in [0, 0.1) is 12.7 Å². The summed E-state index contributed by atoms with van der Waals surface area (Å²) in [6.45, 7) is 1.68. The standard InChI is InChI=1S/C22H22FNO4S/c1-16-10-11-18(23)13-22(16)29(25,26)24(19-7-5-9-21(14-19)28-3)15-17-6-4-8-20(12-17)27-2/h4-14H,15H2,1-3H3. The van der Waals surface area contributed by atoms with Crippen LogP contribution in [-0.4, -0.2) is 22.6 Å². The second-order valence-electron chi connectivity index (χ2n) is 6.47. The molecule has 0 aliphatic carbocycles. The maximum atomic E-state index is 13.9. The van der Waals surface area contributed by atoms with Crippen molar-refractivity contribution in [2.75, 3.05) is 18.5 Å². The molecule has 0 amide bonds. The van der Waals surface area contributed by atoms with E-state index in [0.29, 0.717) is 22.7 Å². The van der Waals surface area contributed by atoms with Gasteiger partial charge in [0.25, 0.3) is 10.0 Å². The average Bonchev–Trinajstić information content (AvgIpc) is 2.73. The second-order valence-corrected chi connectivity index (χ2v) is 8.31. The molecule has 152 valence electrons. The number of methoxy groups -OCH3 is 2. The lowest BCUT2D eigenvalue weighted by Gasteiger charge is -2.26. The minimum absolute atomic E-state index is 0.0443. The fraction of sp³-hybridized carbons (Fsp3) is 0.182. The van der Waals surface area contributed by atoms with Crippen LogP contribution >= 0.6 is 0 Å². The molecule has 7 heteroatoms. The Balaban J connectivity index is 2.14. The van der Waals surface area contributed by atoms with E-state index in [1.54, 1.807) is 56.5 Å². The number of ether oxygens (including phenoxy) is 2. The molecule has 0 saturated heterocycles. The van der Waals surface area contributed by atoms with Gasteiger partial charge >= 0.3 is 0 Å². The van der Waals surface area contributed by atoms with Crippen molar-refractivity contribution in [3.63, 3.8) is 0 Å². The minimum Gasteiger partial charge on any atom is -0.497 e. The maximum absolute atomic E-state index is 13.9. The van der Waals surface area contributed by atoms with Crippen LogP contribution in [0.25, 0.3) is 0 Å². The van der Waals surface area contributed by atoms with Gasteiger partial charge in [0.15, 0.2) is 0 Å². The molecule has 0 heterocycles. The molecule has 0 spiro atoms. The number of hydrogen-bond acceptors (Lipinski definition) is 4. The van der Waals surface area contributed by atoms with Crippen molar-refractivity contribution in [1.29, 1.82) is 0 Å². The smallest absolute Gasteiger partial charge is 0.264 e. The normalized spacial score (nSPS) is 11.2. The van der Waals surface area contributed by atoms with E-state index in [1.807, 2.05) is 6.07 Å². The van der Waals surface area contributed by atoms with E-state index in [1.165, 1.54) is 23.5 Å². The topological polar surface area (TPSA) is 55.8 Å². The summed E-state index contributed by atoms with van der Waals surface area (Å²) in [7, 11) is -0.995. The summed E-state index contributed by atoms with van der Waals surface area (Å²) in [6.07, 6.45) is 0. The van der Waals surface area contributed by atoms with E-state index in [0.717, 1.165) is 11.6 Å². The third kappa shape index (κ3) is 4.51. The van der Waals surface area contributed by atoms with Crippen LogP contribution in [0.5, 0.6) is 11.5 Å². The highest BCUT2D eigenvalue weighted by Crippen LogP contribution is 2.31. The first kappa shape index (κ1) is 20.7. The molecular formula is C22H22FNO4S. The van der Waals surface area contributed by atoms with E-state index < -0.39 is 15.8 Å². The quantitative estimate of drug-likeness (QED) is 0.568. The van der Waals surface area contributed by atoms with Gasteiger partial charge in [0.1, 0.15) is 17.3 Å². The van der Waals surface area contributed by atoms with Gasteiger partial charge in [-0.25, -0.2) is 12.8 Å². The van der Waals surface area contributed by atoms with E-state index >= 15 is 0 Å². The van der Waals surface area contributed by atoms with Crippen LogP contribution in [0.2, 0.25) is 0 Å². The van der Waals surface area contributed by atoms with Crippen molar-refractivity contribution in [2.45, 2.75) is 18.4 Å². The Kier molecular flexibility index (Phi) is 6.08. The third-order valence-electron chi connectivity index (χ3n) is 4.52. The van der Waals surface area contributed by atoms with Crippen LogP contribution in [-0.2, 0) is 16.6 Å². The Hall–Kier alpha value is -3.06. The lowest BCUT2D eigenvalue weighted by molar-refractivity contribution is 0.414. The first-order chi connectivity index (χ1) is 13.8. The molecule has 0 N–H and O–H groups in total. The summed E-state index contributed by atoms with van der Waals surface area (Å²) >= 11 is 0. The number of aryl methyl sites for hydroxylation is 1. The molecule has 0 radical (unpaired) electrons. The number of halogens is 1. The van der Waals surface area contributed by atoms with Gasteiger partial charge in [-0.15, -0.1) is 0 Å². The molecule has 0 aromatic heterocycles. The van der Waals surface area contributed by atoms with Gasteiger partial charge in [0.05, 0.1) is 31.3 Å². The Morgan fingerprint density at radius 1 is 0.897 bits per heavy atom. The monoisotopic (exact) mass is 415 g/mol. The summed E-state index contributed by atoms with van der Waals surface area (Å²) in [5.74, 6) is 0.526. The van der Waals surface area contributed by atoms with Gasteiger partial charge in [-0.3, -0.25) is 4.31 Å². The largest absolute Gasteiger partial charge is 0.497 e. The number of rotatable bonds is 7. The minimum atomic E-state index is -4.05. The molecule has 3 aromatic carbocycles. The van der Waals surface area contributed by atoms with Gasteiger partial charge in [-0.1, -0.05) is 24.3 Å². The zero-order valence-electron chi connectivity index (χ0n) is 16.4. The Bertz CT molecular complexity index is 1120. The molecule has 0 unspecified atom stereocenters. The van der Waals surface area contributed by atoms with Crippen LogP contribution in [0.1, 0.15) is 11.1 Å². The van der Waals surface area contributed by atoms with E-state index in [4.69, 9.17) is 9.47 Å². The molecule has 3 aromatic rings. The van der Waals surface area contributed by atoms with Gasteiger partial charge in [0, 0.05) is 6.07 Å². The number of nitrogens with zero attached hydrogens (tertiary/aromatic N) is 1. The summed E-state index contributed by atoms with van der Waals surface area (Å²) in [5.41, 5.74) is 1.60. The van der Waals surface area contributed by atoms with E-state index in [-0.39, 0.29) is 11.4 Å². The molecule has 0 aliphatic heterocycles. The summed E-state index contributed by atoms with van der Waals surface area (Å²) in [4.78, 5) is -0.0804. The van der Waals surface area contributed by atoms with Crippen molar-refractivity contribution in [2.24, 2.45) is 0 Å². The Labute approximate surface area is 170 Å². The predicted octanol–water partition coefficient (Wildman–Crippen LogP) is 4.55. The molecule has 29 heavy (non-hydrogen) atoms. The van der Waals surface area contributed by atoms with Crippen LogP contribution in [0.4, 0.5) is 10.1 Å². The first-order valence-corrected chi connectivity index (χ1v) is 10.3. The zero-order chi connectivity index (χ0) is 21.0. The van der Waals surface area contributed by atoms with Gasteiger partial charge in [0.2, 0.25) is 0 Å². The Morgan fingerprint density at radius 2 is 1.55 bits per heavy atom. The third-order valence-corrected chi connectivity index (χ3v) is 6.44. The maximum Gasteiger partial charge on any atom is 0.264 e. The van der Waals surface area contributed by atoms with Gasteiger partial charge in [-0.2, -0.15) is 0 Å². The number of hydrogen-bond donors (Lipinski definition) is 0. The van der Waals surface area contributed by atoms with Crippen LogP contribution in [0.15, 0.2) is 71.6 Å². The van der Waals surface area contributed by atoms with Crippen molar-refractivity contribution in [3.8, 4) is 11.5 Å². The van der Waals surface area contributed by atoms with Crippen molar-refractivity contribution >= 4 is 15.7 Å². The molecule has 5 nitrogen and oxygen atoms in total. The highest BCUT2D eigenvalue weighted by molar-refractivity contribution is 7.92. The number of benzene rings is 3. The van der Waals surface area contributed by atoms with Crippen LogP contribution < -0.4 is 13.8 Å². The SMILES string of the molecule is COc1cccc(CN(c2cccc(OC)c2)S(=O)(=O)c2cc(F)ccc2C)c1. The highest BCUT2D eigenvalue weighted by atomic mass is 32.2. The molecular weight excluding hydrogens is 393 g/mol. The lowest BCUT2D eigenvalue weighted by atomic mass is 10.2. The molecule has 0 atom stereocenters. The second kappa shape index (κ2) is 8.53. The summed E-state index contributed by atoms with van der Waals surface area (Å²) < 4.78 is 52.7. The van der Waals surface area contributed by atoms with E-state index in [2.05, 4.69) is 0 Å². The fourth-order valence-electron chi connectivity index (χ4n) is 2.99. The summed E-state index contributed by atoms with van der Waals surface area (Å²) in [6, 6.07) is 17.6. The van der Waals surface area contributed by atoms with Crippen LogP contribution in [0.3, 0.4) is 0 Å². The first-order valence-electron chi connectivity index (χ1n) is 8.91. The zero-order valence-corrected chi connectivity index (χ0v) is 17.2. The molecule has 0 aliphatic rings. The van der Waals surface area contributed by atoms with Crippen molar-refractivity contribution in [3.05, 3.63) is 83.7 Å². The van der Waals surface area contributed by atoms with Crippen molar-refractivity contribution < 1.29 is 22.3 Å². The summed E-state index contributed by atoms with van der Waals surface area (Å²) in [5, 5.41) is 0. The number of anilines is 1. The lowest BCUT2D eigenvalue weighted by Crippen LogP contribution is -2.31. The molecule has 0 bridgehead atoms. The molecule has 0 fully saturated rings. The predicted molar refractivity (Wildman–Crippen MR) is 110 cm³/mol. The molecule has 3 rings (SSSR count). The van der Waals surface area contributed by atoms with Crippen molar-refractivity contribution in [1.82, 2.24) is 0 Å². The Morgan fingerprint density at radius 3 is 2.24 bits per heavy atom. The average molecular weight is 415 g/mol. The molecule has 0 saturated carbocycles.